The van der Waals surface area contributed by atoms with Gasteiger partial charge in [0, 0.05) is 12.1 Å². The van der Waals surface area contributed by atoms with Gasteiger partial charge in [-0.25, -0.2) is 4.79 Å². The average molecular weight is 422 g/mol. The molecule has 6 nitrogen and oxygen atoms in total. The van der Waals surface area contributed by atoms with Gasteiger partial charge < -0.3 is 9.47 Å². The van der Waals surface area contributed by atoms with Gasteiger partial charge in [0.15, 0.2) is 0 Å². The predicted octanol–water partition coefficient (Wildman–Crippen LogP) is 7.98. The third kappa shape index (κ3) is 12.5. The van der Waals surface area contributed by atoms with Gasteiger partial charge in [0.1, 0.15) is 11.9 Å². The highest BCUT2D eigenvalue weighted by molar-refractivity contribution is 5.64. The number of hydrogen-bond acceptors (Lipinski definition) is 5. The first-order valence-corrected chi connectivity index (χ1v) is 11.7. The van der Waals surface area contributed by atoms with E-state index in [9.17, 15) is 14.9 Å². The molecule has 1 aromatic carbocycles. The largest absolute Gasteiger partial charge is 0.514 e. The maximum atomic E-state index is 12.2. The molecule has 0 aliphatic carbocycles. The van der Waals surface area contributed by atoms with Crippen molar-refractivity contribution in [3.8, 4) is 5.75 Å². The van der Waals surface area contributed by atoms with E-state index in [1.807, 2.05) is 0 Å². The molecular formula is C24H39NO5. The van der Waals surface area contributed by atoms with Gasteiger partial charge in [0.25, 0.3) is 5.69 Å². The molecule has 0 amide bonds. The number of nitrogens with zero attached hydrogens (tertiary/aromatic N) is 1. The van der Waals surface area contributed by atoms with Crippen molar-refractivity contribution in [2.45, 2.75) is 110 Å². The van der Waals surface area contributed by atoms with Crippen molar-refractivity contribution in [2.24, 2.45) is 0 Å². The second-order valence-corrected chi connectivity index (χ2v) is 7.96. The SMILES string of the molecule is CCCCCCCCC(CCCCCCCC)OC(=O)Oc1ccc([N+](=O)[O-])cc1. The lowest BCUT2D eigenvalue weighted by Gasteiger charge is -2.17. The summed E-state index contributed by atoms with van der Waals surface area (Å²) in [6.45, 7) is 4.42. The Morgan fingerprint density at radius 2 is 1.30 bits per heavy atom. The summed E-state index contributed by atoms with van der Waals surface area (Å²) in [7, 11) is 0. The van der Waals surface area contributed by atoms with E-state index >= 15 is 0 Å². The highest BCUT2D eigenvalue weighted by Crippen LogP contribution is 2.20. The molecule has 0 spiro atoms. The number of rotatable bonds is 17. The topological polar surface area (TPSA) is 78.7 Å². The first-order valence-electron chi connectivity index (χ1n) is 11.7. The van der Waals surface area contributed by atoms with Crippen molar-refractivity contribution in [1.29, 1.82) is 0 Å². The van der Waals surface area contributed by atoms with Crippen molar-refractivity contribution in [3.63, 3.8) is 0 Å². The third-order valence-corrected chi connectivity index (χ3v) is 5.27. The molecule has 170 valence electrons. The number of carbonyl (C=O) groups excluding carboxylic acids is 1. The summed E-state index contributed by atoms with van der Waals surface area (Å²) in [5, 5.41) is 10.7. The van der Waals surface area contributed by atoms with Gasteiger partial charge in [0.2, 0.25) is 0 Å². The Morgan fingerprint density at radius 1 is 0.833 bits per heavy atom. The molecule has 0 fully saturated rings. The summed E-state index contributed by atoms with van der Waals surface area (Å²) < 4.78 is 10.8. The van der Waals surface area contributed by atoms with Crippen LogP contribution in [-0.2, 0) is 4.74 Å². The van der Waals surface area contributed by atoms with Crippen LogP contribution in [0.1, 0.15) is 104 Å². The van der Waals surface area contributed by atoms with Crippen LogP contribution in [0.3, 0.4) is 0 Å². The van der Waals surface area contributed by atoms with Crippen molar-refractivity contribution in [3.05, 3.63) is 34.4 Å². The molecule has 0 aliphatic rings. The summed E-state index contributed by atoms with van der Waals surface area (Å²) >= 11 is 0. The van der Waals surface area contributed by atoms with Crippen LogP contribution >= 0.6 is 0 Å². The molecule has 0 unspecified atom stereocenters. The van der Waals surface area contributed by atoms with E-state index in [-0.39, 0.29) is 17.5 Å². The highest BCUT2D eigenvalue weighted by Gasteiger charge is 2.16. The zero-order valence-electron chi connectivity index (χ0n) is 18.8. The number of ether oxygens (including phenoxy) is 2. The maximum Gasteiger partial charge on any atom is 0.514 e. The van der Waals surface area contributed by atoms with Crippen LogP contribution in [0.4, 0.5) is 10.5 Å². The van der Waals surface area contributed by atoms with Crippen molar-refractivity contribution in [2.75, 3.05) is 0 Å². The number of hydrogen-bond donors (Lipinski definition) is 0. The number of unbranched alkanes of at least 4 members (excludes halogenated alkanes) is 10. The van der Waals surface area contributed by atoms with E-state index in [0.29, 0.717) is 0 Å². The predicted molar refractivity (Wildman–Crippen MR) is 120 cm³/mol. The number of carbonyl (C=O) groups is 1. The standard InChI is InChI=1S/C24H39NO5/c1-3-5-7-9-11-13-15-22(16-14-12-10-8-6-4-2)29-24(26)30-23-19-17-21(18-20-23)25(27)28/h17-20,22H,3-16H2,1-2H3. The van der Waals surface area contributed by atoms with E-state index in [1.165, 1.54) is 75.6 Å². The molecule has 0 heterocycles. The fourth-order valence-corrected chi connectivity index (χ4v) is 3.46. The molecule has 30 heavy (non-hydrogen) atoms. The smallest absolute Gasteiger partial charge is 0.431 e. The summed E-state index contributed by atoms with van der Waals surface area (Å²) in [6, 6.07) is 5.45. The van der Waals surface area contributed by atoms with E-state index < -0.39 is 11.1 Å². The van der Waals surface area contributed by atoms with Crippen molar-refractivity contribution in [1.82, 2.24) is 0 Å². The molecule has 0 aromatic heterocycles. The van der Waals surface area contributed by atoms with Gasteiger partial charge in [0.05, 0.1) is 4.92 Å². The molecule has 0 bridgehead atoms. The lowest BCUT2D eigenvalue weighted by atomic mass is 10.0. The Hall–Kier alpha value is -2.11. The Balaban J connectivity index is 2.44. The molecular weight excluding hydrogens is 382 g/mol. The zero-order valence-corrected chi connectivity index (χ0v) is 18.8. The molecule has 0 saturated heterocycles. The molecule has 1 aromatic rings. The average Bonchev–Trinajstić information content (AvgIpc) is 2.73. The minimum Gasteiger partial charge on any atom is -0.431 e. The molecule has 6 heteroatoms. The monoisotopic (exact) mass is 421 g/mol. The third-order valence-electron chi connectivity index (χ3n) is 5.27. The van der Waals surface area contributed by atoms with Crippen LogP contribution in [0, 0.1) is 10.1 Å². The lowest BCUT2D eigenvalue weighted by Crippen LogP contribution is -2.21. The molecule has 0 saturated carbocycles. The van der Waals surface area contributed by atoms with Gasteiger partial charge in [-0.2, -0.15) is 0 Å². The zero-order chi connectivity index (χ0) is 22.0. The van der Waals surface area contributed by atoms with E-state index in [2.05, 4.69) is 13.8 Å². The Kier molecular flexibility index (Phi) is 14.4. The Labute approximate surface area is 181 Å². The first kappa shape index (κ1) is 25.9. The summed E-state index contributed by atoms with van der Waals surface area (Å²) in [5.74, 6) is 0.253. The van der Waals surface area contributed by atoms with Gasteiger partial charge in [-0.3, -0.25) is 10.1 Å². The second-order valence-electron chi connectivity index (χ2n) is 7.96. The van der Waals surface area contributed by atoms with Gasteiger partial charge in [-0.05, 0) is 37.8 Å². The summed E-state index contributed by atoms with van der Waals surface area (Å²) in [4.78, 5) is 22.4. The number of benzene rings is 1. The lowest BCUT2D eigenvalue weighted by molar-refractivity contribution is -0.384. The van der Waals surface area contributed by atoms with Gasteiger partial charge in [-0.1, -0.05) is 78.1 Å². The molecule has 0 radical (unpaired) electrons. The normalized spacial score (nSPS) is 10.9. The summed E-state index contributed by atoms with van der Waals surface area (Å²) in [6.07, 6.45) is 15.3. The molecule has 0 atom stereocenters. The molecule has 0 N–H and O–H groups in total. The van der Waals surface area contributed by atoms with E-state index in [4.69, 9.17) is 9.47 Å². The highest BCUT2D eigenvalue weighted by atomic mass is 16.7. The fourth-order valence-electron chi connectivity index (χ4n) is 3.46. The van der Waals surface area contributed by atoms with Crippen molar-refractivity contribution >= 4 is 11.8 Å². The summed E-state index contributed by atoms with van der Waals surface area (Å²) in [5.41, 5.74) is -0.0419. The second kappa shape index (κ2) is 16.7. The van der Waals surface area contributed by atoms with Gasteiger partial charge in [-0.15, -0.1) is 0 Å². The van der Waals surface area contributed by atoms with Crippen LogP contribution in [0.15, 0.2) is 24.3 Å². The van der Waals surface area contributed by atoms with Crippen LogP contribution in [-0.4, -0.2) is 17.2 Å². The molecule has 1 rings (SSSR count). The minimum absolute atomic E-state index is 0.0419. The minimum atomic E-state index is -0.731. The quantitative estimate of drug-likeness (QED) is 0.0837. The van der Waals surface area contributed by atoms with Crippen LogP contribution in [0.5, 0.6) is 5.75 Å². The Bertz CT molecular complexity index is 572. The Morgan fingerprint density at radius 3 is 1.77 bits per heavy atom. The van der Waals surface area contributed by atoms with Crippen LogP contribution in [0.25, 0.3) is 0 Å². The van der Waals surface area contributed by atoms with Crippen LogP contribution in [0.2, 0.25) is 0 Å². The fraction of sp³-hybridized carbons (Fsp3) is 0.708. The molecule has 0 aliphatic heterocycles. The number of nitro groups is 1. The van der Waals surface area contributed by atoms with Gasteiger partial charge >= 0.3 is 6.16 Å². The maximum absolute atomic E-state index is 12.2. The van der Waals surface area contributed by atoms with E-state index in [0.717, 1.165) is 38.5 Å². The van der Waals surface area contributed by atoms with Crippen molar-refractivity contribution < 1.29 is 19.2 Å². The number of nitro benzene ring substituents is 1. The van der Waals surface area contributed by atoms with E-state index in [1.54, 1.807) is 0 Å². The first-order chi connectivity index (χ1) is 14.6. The van der Waals surface area contributed by atoms with Crippen LogP contribution < -0.4 is 4.74 Å². The number of non-ortho nitro benzene ring substituents is 1.